The monoisotopic (exact) mass is 1240 g/mol. The Balaban J connectivity index is -0.000000272. The third kappa shape index (κ3) is 43.4. The number of nitrogens with zero attached hydrogens (tertiary/aromatic N) is 12. The molecular formula is C43H72F24N12O2. The van der Waals surface area contributed by atoms with Crippen LogP contribution in [0.2, 0.25) is 0 Å². The van der Waals surface area contributed by atoms with E-state index in [1.54, 1.807) is 58.4 Å². The molecule has 0 amide bonds. The number of piperidine rings is 2. The summed E-state index contributed by atoms with van der Waals surface area (Å²) in [6, 6.07) is -17.6. The first-order chi connectivity index (χ1) is 36.1. The molecule has 4 fully saturated rings. The molecule has 0 radical (unpaired) electrons. The summed E-state index contributed by atoms with van der Waals surface area (Å²) in [7, 11) is 16.5. The van der Waals surface area contributed by atoms with E-state index in [1.165, 1.54) is 26.2 Å². The maximum Gasteiger partial charge on any atom is 0.469 e. The second kappa shape index (κ2) is 38.1. The van der Waals surface area contributed by atoms with Gasteiger partial charge < -0.3 is 19.3 Å². The van der Waals surface area contributed by atoms with E-state index in [1.807, 2.05) is 11.9 Å². The third-order valence-electron chi connectivity index (χ3n) is 9.87. The molecule has 81 heavy (non-hydrogen) atoms. The molecule has 0 atom stereocenters. The quantitative estimate of drug-likeness (QED) is 0.0442. The molecule has 0 aromatic rings. The van der Waals surface area contributed by atoms with Crippen molar-refractivity contribution in [3.8, 4) is 6.19 Å². The molecule has 0 aliphatic carbocycles. The zero-order valence-corrected chi connectivity index (χ0v) is 46.5. The first kappa shape index (κ1) is 85.8. The molecule has 0 saturated carbocycles. The maximum atomic E-state index is 12.5. The molecule has 0 aromatic heterocycles. The molecule has 4 heterocycles. The van der Waals surface area contributed by atoms with Gasteiger partial charge in [-0.25, -0.2) is 27.4 Å². The van der Waals surface area contributed by atoms with Crippen LogP contribution in [0.4, 0.5) is 105 Å². The Hall–Kier alpha value is -3.97. The van der Waals surface area contributed by atoms with Crippen LogP contribution in [-0.2, 0) is 9.47 Å². The number of halogens is 24. The van der Waals surface area contributed by atoms with Gasteiger partial charge in [-0.2, -0.15) is 116 Å². The summed E-state index contributed by atoms with van der Waals surface area (Å²) in [6.07, 6.45) is -17.7. The van der Waals surface area contributed by atoms with Crippen LogP contribution in [0.25, 0.3) is 9.91 Å². The maximum absolute atomic E-state index is 12.5. The zero-order valence-electron chi connectivity index (χ0n) is 46.5. The number of ether oxygens (including phenoxy) is 2. The second-order valence-electron chi connectivity index (χ2n) is 18.2. The van der Waals surface area contributed by atoms with Crippen molar-refractivity contribution in [2.45, 2.75) is 112 Å². The Bertz CT molecular complexity index is 1710. The fraction of sp³-hybridized carbons (Fsp3) is 0.930. The normalized spacial score (nSPS) is 19.0. The smallest absolute Gasteiger partial charge is 0.369 e. The fourth-order valence-electron chi connectivity index (χ4n) is 5.72. The molecule has 0 aromatic carbocycles. The van der Waals surface area contributed by atoms with Crippen LogP contribution in [0, 0.1) is 24.6 Å². The van der Waals surface area contributed by atoms with Crippen molar-refractivity contribution in [1.82, 2.24) is 44.3 Å². The minimum atomic E-state index is -6.55. The minimum Gasteiger partial charge on any atom is -0.369 e. The van der Waals surface area contributed by atoms with Gasteiger partial charge in [0.2, 0.25) is 0 Å². The van der Waals surface area contributed by atoms with E-state index in [2.05, 4.69) is 9.91 Å². The number of nitriles is 1. The van der Waals surface area contributed by atoms with Crippen molar-refractivity contribution >= 4 is 0 Å². The van der Waals surface area contributed by atoms with Crippen LogP contribution in [0.1, 0.15) is 51.4 Å². The summed E-state index contributed by atoms with van der Waals surface area (Å²) < 4.78 is 295. The lowest BCUT2D eigenvalue weighted by Gasteiger charge is -2.35. The van der Waals surface area contributed by atoms with Crippen molar-refractivity contribution in [2.24, 2.45) is 0 Å². The molecule has 0 unspecified atom stereocenters. The van der Waals surface area contributed by atoms with Gasteiger partial charge in [0, 0.05) is 59.5 Å². The lowest BCUT2D eigenvalue weighted by atomic mass is 10.1. The van der Waals surface area contributed by atoms with Crippen molar-refractivity contribution in [3.63, 3.8) is 0 Å². The molecule has 38 heteroatoms. The standard InChI is InChI=1S/2C6H11F2N.C5H3F10N.C5H7F6N.2C5H9F2N.C5H13NO2.C3H3N3.C3H6N2/c1-9-4-2-3-6(7,8)5-9;1-9-5-3-2-4-6(9,7)8;1-16(4(12,13)2(6,7)8)5(14,15)3(9,10)11;1-12(2-4(6,7)8)3-5(9,10)11;1-8-3-2-5(6,7)4-8;1-8-4-2-3-5(8,6)7;1-6(4-7-2)5-8-3;1-5-6(2)3-4;1-4-5(2)3/h2*2-5H2,1H3;1H3;2-3H2,1H3;2*2-4H2,1H3;4-5H2,1-3H3;2H3;2-3H3. The molecule has 4 saturated heterocycles. The van der Waals surface area contributed by atoms with Crippen LogP contribution < -0.4 is 0 Å². The van der Waals surface area contributed by atoms with E-state index in [4.69, 9.17) is 27.9 Å². The molecule has 484 valence electrons. The second-order valence-corrected chi connectivity index (χ2v) is 18.2. The van der Waals surface area contributed by atoms with E-state index in [0.717, 1.165) is 34.8 Å². The number of hydrogen-bond acceptors (Lipinski definition) is 12. The van der Waals surface area contributed by atoms with Gasteiger partial charge in [0.15, 0.2) is 0 Å². The van der Waals surface area contributed by atoms with Crippen molar-refractivity contribution < 1.29 is 115 Å². The van der Waals surface area contributed by atoms with Gasteiger partial charge in [-0.15, -0.1) is 9.96 Å². The average molecular weight is 1250 g/mol. The van der Waals surface area contributed by atoms with Crippen molar-refractivity contribution in [1.29, 1.82) is 5.26 Å². The van der Waals surface area contributed by atoms with Gasteiger partial charge in [0.1, 0.15) is 13.5 Å². The van der Waals surface area contributed by atoms with Gasteiger partial charge in [0.05, 0.1) is 47.3 Å². The Morgan fingerprint density at radius 2 is 0.827 bits per heavy atom. The first-order valence-corrected chi connectivity index (χ1v) is 23.1. The van der Waals surface area contributed by atoms with Crippen LogP contribution in [0.3, 0.4) is 0 Å². The van der Waals surface area contributed by atoms with Gasteiger partial charge in [-0.05, 0) is 86.6 Å². The lowest BCUT2D eigenvalue weighted by molar-refractivity contribution is -0.426. The topological polar surface area (TPSA) is 80.1 Å². The highest BCUT2D eigenvalue weighted by Crippen LogP contribution is 2.47. The molecule has 4 rings (SSSR count). The summed E-state index contributed by atoms with van der Waals surface area (Å²) in [5, 5.41) is 10.1. The minimum absolute atomic E-state index is 0.0312. The fourth-order valence-corrected chi connectivity index (χ4v) is 5.72. The number of hydrogen-bond donors (Lipinski definition) is 0. The van der Waals surface area contributed by atoms with Gasteiger partial charge in [-0.1, -0.05) is 0 Å². The molecule has 4 aliphatic rings. The molecular weight excluding hydrogens is 1170 g/mol. The van der Waals surface area contributed by atoms with E-state index in [9.17, 15) is 105 Å². The molecule has 0 bridgehead atoms. The van der Waals surface area contributed by atoms with Gasteiger partial charge >= 0.3 is 48.9 Å². The third-order valence-corrected chi connectivity index (χ3v) is 9.87. The molecule has 4 aliphatic heterocycles. The Kier molecular flexibility index (Phi) is 40.3. The summed E-state index contributed by atoms with van der Waals surface area (Å²) >= 11 is 0. The van der Waals surface area contributed by atoms with Crippen LogP contribution in [0.15, 0.2) is 0 Å². The summed E-state index contributed by atoms with van der Waals surface area (Å²) in [5.74, 6) is -4.83. The van der Waals surface area contributed by atoms with Crippen LogP contribution >= 0.6 is 0 Å². The Labute approximate surface area is 456 Å². The highest BCUT2D eigenvalue weighted by molar-refractivity contribution is 4.85. The van der Waals surface area contributed by atoms with Crippen molar-refractivity contribution in [2.75, 3.05) is 151 Å². The summed E-state index contributed by atoms with van der Waals surface area (Å²) in [6.45, 7) is 12.8. The van der Waals surface area contributed by atoms with E-state index in [0.29, 0.717) is 52.4 Å². The highest BCUT2D eigenvalue weighted by Gasteiger charge is 2.73. The van der Waals surface area contributed by atoms with E-state index >= 15 is 0 Å². The van der Waals surface area contributed by atoms with Crippen molar-refractivity contribution in [3.05, 3.63) is 23.1 Å². The summed E-state index contributed by atoms with van der Waals surface area (Å²) in [4.78, 5) is 10.9. The first-order valence-electron chi connectivity index (χ1n) is 23.1. The highest BCUT2D eigenvalue weighted by atomic mass is 19.4. The van der Waals surface area contributed by atoms with Gasteiger partial charge in [-0.3, -0.25) is 9.80 Å². The summed E-state index contributed by atoms with van der Waals surface area (Å²) in [5.41, 5.74) is 0. The number of likely N-dealkylation sites (tertiary alicyclic amines) is 4. The van der Waals surface area contributed by atoms with E-state index in [-0.39, 0.29) is 43.7 Å². The predicted octanol–water partition coefficient (Wildman–Crippen LogP) is 11.3. The average Bonchev–Trinajstić information content (AvgIpc) is 3.78. The largest absolute Gasteiger partial charge is 0.469 e. The molecule has 14 nitrogen and oxygen atoms in total. The number of rotatable bonds is 8. The van der Waals surface area contributed by atoms with Gasteiger partial charge in [0.25, 0.3) is 18.0 Å². The van der Waals surface area contributed by atoms with Crippen LogP contribution in [-0.4, -0.2) is 256 Å². The Morgan fingerprint density at radius 3 is 0.988 bits per heavy atom. The number of methoxy groups -OCH3 is 2. The number of alkyl halides is 24. The van der Waals surface area contributed by atoms with Crippen LogP contribution in [0.5, 0.6) is 0 Å². The molecule has 0 N–H and O–H groups in total. The Morgan fingerprint density at radius 1 is 0.494 bits per heavy atom. The zero-order chi connectivity index (χ0) is 65.5. The lowest BCUT2D eigenvalue weighted by Crippen LogP contribution is -2.62. The van der Waals surface area contributed by atoms with E-state index < -0.39 is 85.8 Å². The SMILES string of the molecule is CN(C(F)(F)C(F)(F)F)C(F)(F)C(F)(F)F.CN(CC(F)(F)F)CC(F)(F)F.CN1CCC(F)(F)C1.CN1CCCC(F)(F)C1.CN1CCCC1(F)F.CN1CCCCC1(F)F.COCN(C)COC.[C-]#[N+]N(C)C.[C-]#[N+]N(C)C#N. The molecule has 0 spiro atoms. The predicted molar refractivity (Wildman–Crippen MR) is 248 cm³/mol.